The number of aryl methyl sites for hydroxylation is 1. The number of ether oxygens (including phenoxy) is 2. The quantitative estimate of drug-likeness (QED) is 0.864. The second-order valence-corrected chi connectivity index (χ2v) is 6.12. The van der Waals surface area contributed by atoms with Crippen LogP contribution in [0.1, 0.15) is 24.8 Å². The number of amides is 1. The summed E-state index contributed by atoms with van der Waals surface area (Å²) >= 11 is 0. The molecule has 2 saturated heterocycles. The van der Waals surface area contributed by atoms with Crippen LogP contribution in [0.15, 0.2) is 18.2 Å². The molecule has 2 unspecified atom stereocenters. The number of halogens is 1. The van der Waals surface area contributed by atoms with Crippen LogP contribution in [0.25, 0.3) is 0 Å². The van der Waals surface area contributed by atoms with Gasteiger partial charge >= 0.3 is 0 Å². The molecule has 2 aliphatic heterocycles. The van der Waals surface area contributed by atoms with E-state index in [0.29, 0.717) is 6.61 Å². The average Bonchev–Trinajstić information content (AvgIpc) is 3.20. The number of carbonyl (C=O) groups is 1. The Morgan fingerprint density at radius 2 is 2.30 bits per heavy atom. The summed E-state index contributed by atoms with van der Waals surface area (Å²) in [5, 5.41) is 6.23. The molecular weight excluding hydrogens is 316 g/mol. The highest BCUT2D eigenvalue weighted by molar-refractivity contribution is 5.94. The Balaban J connectivity index is 0.00000192. The van der Waals surface area contributed by atoms with Gasteiger partial charge in [0.25, 0.3) is 0 Å². The predicted molar refractivity (Wildman–Crippen MR) is 92.5 cm³/mol. The van der Waals surface area contributed by atoms with Crippen LogP contribution in [0.3, 0.4) is 0 Å². The summed E-state index contributed by atoms with van der Waals surface area (Å²) in [5.74, 6) is 0.845. The van der Waals surface area contributed by atoms with Gasteiger partial charge in [0.15, 0.2) is 0 Å². The molecule has 2 aliphatic rings. The monoisotopic (exact) mass is 340 g/mol. The molecule has 0 aliphatic carbocycles. The van der Waals surface area contributed by atoms with Gasteiger partial charge in [0.05, 0.1) is 17.7 Å². The van der Waals surface area contributed by atoms with E-state index in [2.05, 4.69) is 10.6 Å². The van der Waals surface area contributed by atoms with Gasteiger partial charge in [0.2, 0.25) is 5.91 Å². The fourth-order valence-electron chi connectivity index (χ4n) is 2.92. The van der Waals surface area contributed by atoms with Crippen molar-refractivity contribution in [2.75, 3.05) is 31.6 Å². The van der Waals surface area contributed by atoms with Crippen LogP contribution in [0, 0.1) is 12.8 Å². The second-order valence-electron chi connectivity index (χ2n) is 6.12. The first-order valence-electron chi connectivity index (χ1n) is 8.09. The maximum atomic E-state index is 12.3. The number of hydrogen-bond acceptors (Lipinski definition) is 4. The number of anilines is 1. The van der Waals surface area contributed by atoms with Gasteiger partial charge in [0, 0.05) is 13.2 Å². The molecule has 3 rings (SSSR count). The predicted octanol–water partition coefficient (Wildman–Crippen LogP) is 2.52. The first-order chi connectivity index (χ1) is 10.7. The lowest BCUT2D eigenvalue weighted by atomic mass is 10.1. The Morgan fingerprint density at radius 1 is 1.43 bits per heavy atom. The van der Waals surface area contributed by atoms with E-state index in [1.807, 2.05) is 25.1 Å². The van der Waals surface area contributed by atoms with Crippen molar-refractivity contribution in [1.29, 1.82) is 0 Å². The Kier molecular flexibility index (Phi) is 6.69. The second kappa shape index (κ2) is 8.52. The van der Waals surface area contributed by atoms with E-state index >= 15 is 0 Å². The van der Waals surface area contributed by atoms with E-state index in [1.165, 1.54) is 0 Å². The van der Waals surface area contributed by atoms with Crippen LogP contribution in [0.4, 0.5) is 5.69 Å². The largest absolute Gasteiger partial charge is 0.489 e. The van der Waals surface area contributed by atoms with E-state index in [0.717, 1.165) is 56.0 Å². The first-order valence-corrected chi connectivity index (χ1v) is 8.09. The summed E-state index contributed by atoms with van der Waals surface area (Å²) in [5.41, 5.74) is 1.86. The lowest BCUT2D eigenvalue weighted by Crippen LogP contribution is -2.25. The Bertz CT molecular complexity index is 527. The molecule has 2 N–H and O–H groups in total. The lowest BCUT2D eigenvalue weighted by molar-refractivity contribution is -0.119. The third-order valence-electron chi connectivity index (χ3n) is 4.27. The Labute approximate surface area is 143 Å². The van der Waals surface area contributed by atoms with Crippen LogP contribution >= 0.6 is 12.4 Å². The number of benzene rings is 1. The van der Waals surface area contributed by atoms with E-state index in [4.69, 9.17) is 9.47 Å². The minimum Gasteiger partial charge on any atom is -0.489 e. The topological polar surface area (TPSA) is 59.6 Å². The summed E-state index contributed by atoms with van der Waals surface area (Å²) in [6.45, 7) is 5.04. The number of nitrogens with one attached hydrogen (secondary N) is 2. The van der Waals surface area contributed by atoms with Crippen molar-refractivity contribution in [2.45, 2.75) is 32.3 Å². The molecule has 0 bridgehead atoms. The van der Waals surface area contributed by atoms with Crippen molar-refractivity contribution in [1.82, 2.24) is 5.32 Å². The maximum Gasteiger partial charge on any atom is 0.228 e. The molecule has 2 atom stereocenters. The van der Waals surface area contributed by atoms with Crippen molar-refractivity contribution in [3.63, 3.8) is 0 Å². The van der Waals surface area contributed by atoms with Crippen LogP contribution in [-0.2, 0) is 9.53 Å². The highest BCUT2D eigenvalue weighted by Crippen LogP contribution is 2.27. The first kappa shape index (κ1) is 18.0. The molecule has 0 spiro atoms. The molecule has 2 heterocycles. The van der Waals surface area contributed by atoms with Crippen molar-refractivity contribution >= 4 is 24.0 Å². The van der Waals surface area contributed by atoms with Gasteiger partial charge in [-0.25, -0.2) is 0 Å². The van der Waals surface area contributed by atoms with Gasteiger partial charge in [-0.2, -0.15) is 0 Å². The number of rotatable bonds is 5. The van der Waals surface area contributed by atoms with Gasteiger partial charge in [-0.1, -0.05) is 6.07 Å². The summed E-state index contributed by atoms with van der Waals surface area (Å²) in [4.78, 5) is 12.3. The standard InChI is InChI=1S/C17H24N2O3.ClH/c1-12-4-5-15(19-17(20)13-6-7-18-10-13)16(9-12)22-11-14-3-2-8-21-14;/h4-5,9,13-14,18H,2-3,6-8,10-11H2,1H3,(H,19,20);1H. The van der Waals surface area contributed by atoms with E-state index < -0.39 is 0 Å². The molecule has 0 aromatic heterocycles. The zero-order valence-electron chi connectivity index (χ0n) is 13.5. The smallest absolute Gasteiger partial charge is 0.228 e. The fourth-order valence-corrected chi connectivity index (χ4v) is 2.92. The fraction of sp³-hybridized carbons (Fsp3) is 0.588. The Hall–Kier alpha value is -1.30. The molecule has 6 heteroatoms. The van der Waals surface area contributed by atoms with Gasteiger partial charge < -0.3 is 20.1 Å². The zero-order chi connectivity index (χ0) is 15.4. The molecule has 0 saturated carbocycles. The van der Waals surface area contributed by atoms with Crippen LogP contribution < -0.4 is 15.4 Å². The summed E-state index contributed by atoms with van der Waals surface area (Å²) in [6.07, 6.45) is 3.20. The van der Waals surface area contributed by atoms with Crippen molar-refractivity contribution in [3.05, 3.63) is 23.8 Å². The van der Waals surface area contributed by atoms with Crippen LogP contribution in [0.2, 0.25) is 0 Å². The normalized spacial score (nSPS) is 23.3. The summed E-state index contributed by atoms with van der Waals surface area (Å²) in [7, 11) is 0. The molecule has 0 radical (unpaired) electrons. The highest BCUT2D eigenvalue weighted by atomic mass is 35.5. The SMILES string of the molecule is Cc1ccc(NC(=O)C2CCNC2)c(OCC2CCCO2)c1.Cl. The van der Waals surface area contributed by atoms with E-state index in [1.54, 1.807) is 0 Å². The minimum atomic E-state index is 0. The van der Waals surface area contributed by atoms with Crippen molar-refractivity contribution in [2.24, 2.45) is 5.92 Å². The summed E-state index contributed by atoms with van der Waals surface area (Å²) in [6, 6.07) is 5.87. The third-order valence-corrected chi connectivity index (χ3v) is 4.27. The van der Waals surface area contributed by atoms with Gasteiger partial charge in [-0.3, -0.25) is 4.79 Å². The number of hydrogen-bond donors (Lipinski definition) is 2. The van der Waals surface area contributed by atoms with Gasteiger partial charge in [-0.15, -0.1) is 12.4 Å². The molecule has 23 heavy (non-hydrogen) atoms. The molecule has 1 aromatic rings. The van der Waals surface area contributed by atoms with Crippen LogP contribution in [-0.4, -0.2) is 38.3 Å². The molecular formula is C17H25ClN2O3. The number of carbonyl (C=O) groups excluding carboxylic acids is 1. The lowest BCUT2D eigenvalue weighted by Gasteiger charge is -2.17. The van der Waals surface area contributed by atoms with Crippen molar-refractivity contribution < 1.29 is 14.3 Å². The molecule has 1 amide bonds. The van der Waals surface area contributed by atoms with Gasteiger partial charge in [0.1, 0.15) is 12.4 Å². The summed E-state index contributed by atoms with van der Waals surface area (Å²) < 4.78 is 11.5. The zero-order valence-corrected chi connectivity index (χ0v) is 14.3. The highest BCUT2D eigenvalue weighted by Gasteiger charge is 2.23. The maximum absolute atomic E-state index is 12.3. The Morgan fingerprint density at radius 3 is 3.00 bits per heavy atom. The molecule has 1 aromatic carbocycles. The van der Waals surface area contributed by atoms with E-state index in [-0.39, 0.29) is 30.3 Å². The molecule has 2 fully saturated rings. The molecule has 128 valence electrons. The van der Waals surface area contributed by atoms with Gasteiger partial charge in [-0.05, 0) is 50.4 Å². The minimum absolute atomic E-state index is 0. The average molecular weight is 341 g/mol. The third kappa shape index (κ3) is 4.83. The van der Waals surface area contributed by atoms with Crippen molar-refractivity contribution in [3.8, 4) is 5.75 Å². The molecule has 5 nitrogen and oxygen atoms in total. The van der Waals surface area contributed by atoms with Crippen LogP contribution in [0.5, 0.6) is 5.75 Å². The van der Waals surface area contributed by atoms with E-state index in [9.17, 15) is 4.79 Å².